The number of amides is 1. The Morgan fingerprint density at radius 3 is 2.71 bits per heavy atom. The fourth-order valence-corrected chi connectivity index (χ4v) is 2.20. The molecule has 2 aliphatic heterocycles. The Hall–Kier alpha value is -0.650. The van der Waals surface area contributed by atoms with Gasteiger partial charge in [-0.1, -0.05) is 0 Å². The number of hydrogen-bond acceptors (Lipinski definition) is 4. The number of carbonyl (C=O) groups is 1. The molecule has 17 heavy (non-hydrogen) atoms. The quantitative estimate of drug-likeness (QED) is 0.725. The summed E-state index contributed by atoms with van der Waals surface area (Å²) in [6, 6.07) is 0. The zero-order valence-electron chi connectivity index (χ0n) is 10.9. The maximum Gasteiger partial charge on any atom is 0.248 e. The maximum atomic E-state index is 12.0. The molecule has 2 fully saturated rings. The minimum atomic E-state index is -0.127. The first kappa shape index (κ1) is 12.8. The molecule has 0 spiro atoms. The lowest BCUT2D eigenvalue weighted by Crippen LogP contribution is -2.59. The molecule has 0 aromatic rings. The lowest BCUT2D eigenvalue weighted by molar-refractivity contribution is -0.145. The highest BCUT2D eigenvalue weighted by atomic mass is 16.5. The number of nitrogens with zero attached hydrogens (tertiary/aromatic N) is 2. The number of likely N-dealkylation sites (N-methyl/N-ethyl adjacent to an activating group) is 1. The van der Waals surface area contributed by atoms with Crippen molar-refractivity contribution >= 4 is 5.91 Å². The molecule has 0 aromatic heterocycles. The number of ether oxygens (including phenoxy) is 1. The summed E-state index contributed by atoms with van der Waals surface area (Å²) in [5, 5.41) is 3.16. The molecule has 5 heteroatoms. The Kier molecular flexibility index (Phi) is 4.01. The lowest BCUT2D eigenvalue weighted by atomic mass is 10.0. The Labute approximate surface area is 103 Å². The van der Waals surface area contributed by atoms with Crippen LogP contribution in [0.5, 0.6) is 0 Å². The molecule has 0 radical (unpaired) electrons. The molecule has 0 atom stereocenters. The van der Waals surface area contributed by atoms with Gasteiger partial charge in [-0.25, -0.2) is 0 Å². The molecule has 1 amide bonds. The second-order valence-corrected chi connectivity index (χ2v) is 5.38. The summed E-state index contributed by atoms with van der Waals surface area (Å²) >= 11 is 0. The first-order valence-electron chi connectivity index (χ1n) is 6.40. The van der Waals surface area contributed by atoms with Crippen LogP contribution in [-0.4, -0.2) is 74.2 Å². The fraction of sp³-hybridized carbons (Fsp3) is 0.917. The van der Waals surface area contributed by atoms with Crippen LogP contribution >= 0.6 is 0 Å². The van der Waals surface area contributed by atoms with Gasteiger partial charge in [0.25, 0.3) is 0 Å². The van der Waals surface area contributed by atoms with Gasteiger partial charge in [0, 0.05) is 32.7 Å². The highest BCUT2D eigenvalue weighted by Gasteiger charge is 2.33. The van der Waals surface area contributed by atoms with Gasteiger partial charge in [0.15, 0.2) is 0 Å². The van der Waals surface area contributed by atoms with Gasteiger partial charge in [-0.15, -0.1) is 0 Å². The van der Waals surface area contributed by atoms with Crippen molar-refractivity contribution in [1.29, 1.82) is 0 Å². The molecular weight excluding hydrogens is 218 g/mol. The van der Waals surface area contributed by atoms with Crippen LogP contribution in [0.2, 0.25) is 0 Å². The van der Waals surface area contributed by atoms with Crippen LogP contribution in [0.4, 0.5) is 0 Å². The summed E-state index contributed by atoms with van der Waals surface area (Å²) < 4.78 is 5.68. The molecule has 2 rings (SSSR count). The summed E-state index contributed by atoms with van der Waals surface area (Å²) in [7, 11) is 2.10. The van der Waals surface area contributed by atoms with Crippen molar-refractivity contribution in [2.24, 2.45) is 0 Å². The van der Waals surface area contributed by atoms with E-state index in [-0.39, 0.29) is 18.1 Å². The molecule has 0 aliphatic carbocycles. The van der Waals surface area contributed by atoms with Crippen LogP contribution < -0.4 is 5.32 Å². The molecule has 0 unspecified atom stereocenters. The maximum absolute atomic E-state index is 12.0. The van der Waals surface area contributed by atoms with E-state index in [1.54, 1.807) is 0 Å². The van der Waals surface area contributed by atoms with E-state index < -0.39 is 0 Å². The van der Waals surface area contributed by atoms with E-state index in [2.05, 4.69) is 17.3 Å². The van der Waals surface area contributed by atoms with Gasteiger partial charge in [-0.2, -0.15) is 0 Å². The zero-order valence-corrected chi connectivity index (χ0v) is 10.9. The summed E-state index contributed by atoms with van der Waals surface area (Å²) in [5.41, 5.74) is -0.127. The van der Waals surface area contributed by atoms with Gasteiger partial charge < -0.3 is 19.9 Å². The molecule has 5 nitrogen and oxygen atoms in total. The number of rotatable bonds is 3. The first-order valence-corrected chi connectivity index (χ1v) is 6.40. The van der Waals surface area contributed by atoms with E-state index in [9.17, 15) is 4.79 Å². The van der Waals surface area contributed by atoms with E-state index in [1.165, 1.54) is 0 Å². The molecule has 2 saturated heterocycles. The zero-order chi connectivity index (χ0) is 12.3. The third kappa shape index (κ3) is 3.40. The van der Waals surface area contributed by atoms with E-state index in [0.717, 1.165) is 45.7 Å². The fourth-order valence-electron chi connectivity index (χ4n) is 2.20. The second kappa shape index (κ2) is 5.33. The largest absolute Gasteiger partial charge is 0.363 e. The Morgan fingerprint density at radius 2 is 2.06 bits per heavy atom. The van der Waals surface area contributed by atoms with Crippen molar-refractivity contribution in [3.05, 3.63) is 0 Å². The average molecular weight is 241 g/mol. The standard InChI is InChI=1S/C12H23N3O2/c1-12(9-13-10-12)17-8-11(16)15-5-3-4-14(2)6-7-15/h13H,3-10H2,1-2H3. The van der Waals surface area contributed by atoms with E-state index in [4.69, 9.17) is 4.74 Å². The Bertz CT molecular complexity index is 279. The average Bonchev–Trinajstić information content (AvgIpc) is 2.48. The van der Waals surface area contributed by atoms with Crippen LogP contribution in [0, 0.1) is 0 Å². The third-order valence-electron chi connectivity index (χ3n) is 3.61. The Morgan fingerprint density at radius 1 is 1.29 bits per heavy atom. The minimum Gasteiger partial charge on any atom is -0.363 e. The number of carbonyl (C=O) groups excluding carboxylic acids is 1. The molecule has 0 aromatic carbocycles. The van der Waals surface area contributed by atoms with E-state index in [1.807, 2.05) is 11.8 Å². The first-order chi connectivity index (χ1) is 8.09. The monoisotopic (exact) mass is 241 g/mol. The van der Waals surface area contributed by atoms with Crippen molar-refractivity contribution in [3.63, 3.8) is 0 Å². The van der Waals surface area contributed by atoms with Gasteiger partial charge in [0.2, 0.25) is 5.91 Å². The van der Waals surface area contributed by atoms with Gasteiger partial charge in [-0.05, 0) is 26.9 Å². The Balaban J connectivity index is 1.74. The molecule has 2 aliphatic rings. The number of hydrogen-bond donors (Lipinski definition) is 1. The predicted octanol–water partition coefficient (Wildman–Crippen LogP) is -0.471. The van der Waals surface area contributed by atoms with Crippen LogP contribution in [0.25, 0.3) is 0 Å². The van der Waals surface area contributed by atoms with Gasteiger partial charge >= 0.3 is 0 Å². The molecule has 0 saturated carbocycles. The van der Waals surface area contributed by atoms with Crippen molar-refractivity contribution in [2.45, 2.75) is 18.9 Å². The van der Waals surface area contributed by atoms with Gasteiger partial charge in [0.1, 0.15) is 6.61 Å². The summed E-state index contributed by atoms with van der Waals surface area (Å²) in [4.78, 5) is 16.2. The number of nitrogens with one attached hydrogen (secondary N) is 1. The van der Waals surface area contributed by atoms with Crippen molar-refractivity contribution < 1.29 is 9.53 Å². The molecule has 98 valence electrons. The normalized spacial score (nSPS) is 25.2. The minimum absolute atomic E-state index is 0.127. The highest BCUT2D eigenvalue weighted by Crippen LogP contribution is 2.15. The smallest absolute Gasteiger partial charge is 0.248 e. The molecule has 1 N–H and O–H groups in total. The molecular formula is C12H23N3O2. The van der Waals surface area contributed by atoms with Crippen molar-refractivity contribution in [3.8, 4) is 0 Å². The second-order valence-electron chi connectivity index (χ2n) is 5.38. The van der Waals surface area contributed by atoms with Gasteiger partial charge in [0.05, 0.1) is 5.60 Å². The lowest BCUT2D eigenvalue weighted by Gasteiger charge is -2.39. The third-order valence-corrected chi connectivity index (χ3v) is 3.61. The molecule has 0 bridgehead atoms. The highest BCUT2D eigenvalue weighted by molar-refractivity contribution is 5.77. The summed E-state index contributed by atoms with van der Waals surface area (Å²) in [5.74, 6) is 0.133. The van der Waals surface area contributed by atoms with Crippen molar-refractivity contribution in [2.75, 3.05) is 52.9 Å². The summed E-state index contributed by atoms with van der Waals surface area (Å²) in [6.45, 7) is 7.70. The molecule has 2 heterocycles. The van der Waals surface area contributed by atoms with Crippen LogP contribution in [0.15, 0.2) is 0 Å². The predicted molar refractivity (Wildman–Crippen MR) is 65.9 cm³/mol. The van der Waals surface area contributed by atoms with Crippen LogP contribution in [0.1, 0.15) is 13.3 Å². The topological polar surface area (TPSA) is 44.8 Å². The van der Waals surface area contributed by atoms with E-state index >= 15 is 0 Å². The van der Waals surface area contributed by atoms with Crippen LogP contribution in [-0.2, 0) is 9.53 Å². The van der Waals surface area contributed by atoms with Crippen molar-refractivity contribution in [1.82, 2.24) is 15.1 Å². The van der Waals surface area contributed by atoms with Crippen LogP contribution in [0.3, 0.4) is 0 Å². The summed E-state index contributed by atoms with van der Waals surface area (Å²) in [6.07, 6.45) is 1.06. The SMILES string of the molecule is CN1CCCN(C(=O)COC2(C)CNC2)CC1. The van der Waals surface area contributed by atoms with E-state index in [0.29, 0.717) is 0 Å². The van der Waals surface area contributed by atoms with Gasteiger partial charge in [-0.3, -0.25) is 4.79 Å².